The van der Waals surface area contributed by atoms with Crippen LogP contribution in [0.4, 0.5) is 0 Å². The highest BCUT2D eigenvalue weighted by Crippen LogP contribution is 2.19. The van der Waals surface area contributed by atoms with Gasteiger partial charge in [0.15, 0.2) is 11.5 Å². The van der Waals surface area contributed by atoms with E-state index in [9.17, 15) is 5.11 Å². The molecule has 1 aromatic carbocycles. The lowest BCUT2D eigenvalue weighted by atomic mass is 10.1. The third kappa shape index (κ3) is 5.52. The average molecular weight is 422 g/mol. The Morgan fingerprint density at radius 3 is 2.81 bits per heavy atom. The zero-order valence-corrected chi connectivity index (χ0v) is 17.4. The van der Waals surface area contributed by atoms with E-state index in [1.54, 1.807) is 25.4 Å². The minimum absolute atomic E-state index is 0.203. The first-order valence-electron chi connectivity index (χ1n) is 10.4. The van der Waals surface area contributed by atoms with Crippen molar-refractivity contribution in [2.45, 2.75) is 32.1 Å². The summed E-state index contributed by atoms with van der Waals surface area (Å²) in [7, 11) is 0. The van der Waals surface area contributed by atoms with E-state index in [0.29, 0.717) is 23.8 Å². The fraction of sp³-hybridized carbons (Fsp3) is 0.391. The predicted molar refractivity (Wildman–Crippen MR) is 113 cm³/mol. The van der Waals surface area contributed by atoms with Gasteiger partial charge in [0.25, 0.3) is 0 Å². The zero-order valence-electron chi connectivity index (χ0n) is 17.4. The molecule has 4 rings (SSSR count). The molecular formula is C23H26N4O4. The summed E-state index contributed by atoms with van der Waals surface area (Å²) in [5.74, 6) is 8.14. The molecule has 0 spiro atoms. The van der Waals surface area contributed by atoms with Gasteiger partial charge in [0.05, 0.1) is 6.54 Å². The number of nitrogens with zero attached hydrogens (tertiary/aromatic N) is 4. The van der Waals surface area contributed by atoms with Crippen LogP contribution in [0, 0.1) is 11.8 Å². The second-order valence-electron chi connectivity index (χ2n) is 7.62. The van der Waals surface area contributed by atoms with E-state index in [0.717, 1.165) is 37.4 Å². The van der Waals surface area contributed by atoms with Gasteiger partial charge in [-0.05, 0) is 43.5 Å². The maximum atomic E-state index is 9.74. The van der Waals surface area contributed by atoms with Gasteiger partial charge in [0, 0.05) is 50.3 Å². The maximum absolute atomic E-state index is 9.74. The number of aliphatic hydroxyl groups is 2. The lowest BCUT2D eigenvalue weighted by Crippen LogP contribution is -2.53. The van der Waals surface area contributed by atoms with E-state index in [2.05, 4.69) is 26.9 Å². The Hall–Kier alpha value is -3.12. The number of aliphatic hydroxyl groups excluding tert-OH is 2. The topological polar surface area (TPSA) is 96.8 Å². The summed E-state index contributed by atoms with van der Waals surface area (Å²) in [6.45, 7) is 5.04. The summed E-state index contributed by atoms with van der Waals surface area (Å²) < 4.78 is 13.1. The number of rotatable bonds is 8. The van der Waals surface area contributed by atoms with Gasteiger partial charge in [-0.15, -0.1) is 0 Å². The molecule has 3 aromatic rings. The average Bonchev–Trinajstić information content (AvgIpc) is 3.39. The van der Waals surface area contributed by atoms with Crippen LogP contribution >= 0.6 is 0 Å². The van der Waals surface area contributed by atoms with Crippen LogP contribution in [0.3, 0.4) is 0 Å². The lowest BCUT2D eigenvalue weighted by Gasteiger charge is -2.38. The lowest BCUT2D eigenvalue weighted by molar-refractivity contribution is 0.0167. The van der Waals surface area contributed by atoms with Crippen molar-refractivity contribution in [2.24, 2.45) is 0 Å². The zero-order chi connectivity index (χ0) is 21.6. The van der Waals surface area contributed by atoms with Crippen molar-refractivity contribution in [2.75, 3.05) is 26.2 Å². The minimum Gasteiger partial charge on any atom is -0.488 e. The normalized spacial score (nSPS) is 15.2. The molecule has 0 bridgehead atoms. The molecule has 2 aromatic heterocycles. The van der Waals surface area contributed by atoms with Gasteiger partial charge in [-0.25, -0.2) is 4.98 Å². The van der Waals surface area contributed by atoms with Crippen molar-refractivity contribution >= 4 is 0 Å². The Morgan fingerprint density at radius 2 is 2.06 bits per heavy atom. The molecule has 3 heterocycles. The second kappa shape index (κ2) is 9.79. The molecule has 1 fully saturated rings. The molecule has 0 unspecified atom stereocenters. The van der Waals surface area contributed by atoms with Crippen molar-refractivity contribution in [3.8, 4) is 17.6 Å². The molecule has 1 saturated heterocycles. The standard InChI is InChI=1S/C23H26N4O4/c1-17(29)23-24-9-11-27(23)16-21-13-19(25-31-21)6-3-18-4-7-20(8-5-18)30-22-14-26(15-22)10-2-12-28/h4-5,7-9,11,13,17,22,28-29H,2,10,12,14-16H2,1H3/t17-/m0/s1. The van der Waals surface area contributed by atoms with Crippen molar-refractivity contribution in [1.29, 1.82) is 0 Å². The van der Waals surface area contributed by atoms with Gasteiger partial charge in [0.2, 0.25) is 0 Å². The van der Waals surface area contributed by atoms with E-state index in [1.165, 1.54) is 0 Å². The van der Waals surface area contributed by atoms with Gasteiger partial charge in [0.1, 0.15) is 23.8 Å². The third-order valence-corrected chi connectivity index (χ3v) is 5.05. The predicted octanol–water partition coefficient (Wildman–Crippen LogP) is 1.82. The van der Waals surface area contributed by atoms with Crippen LogP contribution in [0.1, 0.15) is 42.3 Å². The smallest absolute Gasteiger partial charge is 0.157 e. The van der Waals surface area contributed by atoms with E-state index < -0.39 is 6.10 Å². The van der Waals surface area contributed by atoms with Crippen LogP contribution in [-0.4, -0.2) is 62.2 Å². The molecule has 1 aliphatic heterocycles. The summed E-state index contributed by atoms with van der Waals surface area (Å²) in [5, 5.41) is 22.6. The molecule has 8 heteroatoms. The molecule has 8 nitrogen and oxygen atoms in total. The fourth-order valence-electron chi connectivity index (χ4n) is 3.46. The number of likely N-dealkylation sites (tertiary alicyclic amines) is 1. The van der Waals surface area contributed by atoms with E-state index in [-0.39, 0.29) is 12.7 Å². The molecule has 0 radical (unpaired) electrons. The van der Waals surface area contributed by atoms with Gasteiger partial charge in [-0.3, -0.25) is 4.90 Å². The van der Waals surface area contributed by atoms with E-state index in [1.807, 2.05) is 28.8 Å². The largest absolute Gasteiger partial charge is 0.488 e. The minimum atomic E-state index is -0.654. The van der Waals surface area contributed by atoms with Crippen molar-refractivity contribution < 1.29 is 19.5 Å². The summed E-state index contributed by atoms with van der Waals surface area (Å²) in [6.07, 6.45) is 3.79. The first-order valence-corrected chi connectivity index (χ1v) is 10.4. The van der Waals surface area contributed by atoms with Crippen molar-refractivity contribution in [1.82, 2.24) is 19.6 Å². The van der Waals surface area contributed by atoms with Gasteiger partial charge in [-0.1, -0.05) is 11.1 Å². The number of imidazole rings is 1. The van der Waals surface area contributed by atoms with Crippen LogP contribution < -0.4 is 4.74 Å². The van der Waals surface area contributed by atoms with E-state index >= 15 is 0 Å². The Labute approximate surface area is 181 Å². The van der Waals surface area contributed by atoms with Crippen LogP contribution in [-0.2, 0) is 6.54 Å². The molecule has 162 valence electrons. The first-order chi connectivity index (χ1) is 15.1. The highest BCUT2D eigenvalue weighted by Gasteiger charge is 2.27. The Kier molecular flexibility index (Phi) is 6.67. The van der Waals surface area contributed by atoms with E-state index in [4.69, 9.17) is 14.4 Å². The molecule has 1 atom stereocenters. The summed E-state index contributed by atoms with van der Waals surface area (Å²) >= 11 is 0. The summed E-state index contributed by atoms with van der Waals surface area (Å²) in [6, 6.07) is 9.48. The summed E-state index contributed by atoms with van der Waals surface area (Å²) in [4.78, 5) is 6.41. The Morgan fingerprint density at radius 1 is 1.26 bits per heavy atom. The number of aromatic nitrogens is 3. The third-order valence-electron chi connectivity index (χ3n) is 5.05. The van der Waals surface area contributed by atoms with Crippen molar-refractivity contribution in [3.63, 3.8) is 0 Å². The highest BCUT2D eigenvalue weighted by atomic mass is 16.5. The van der Waals surface area contributed by atoms with Gasteiger partial charge < -0.3 is 24.0 Å². The van der Waals surface area contributed by atoms with Crippen LogP contribution in [0.5, 0.6) is 5.75 Å². The number of ether oxygens (including phenoxy) is 1. The van der Waals surface area contributed by atoms with Crippen LogP contribution in [0.15, 0.2) is 47.2 Å². The van der Waals surface area contributed by atoms with Crippen LogP contribution in [0.25, 0.3) is 0 Å². The molecular weight excluding hydrogens is 396 g/mol. The second-order valence-corrected chi connectivity index (χ2v) is 7.62. The number of benzene rings is 1. The van der Waals surface area contributed by atoms with Crippen LogP contribution in [0.2, 0.25) is 0 Å². The maximum Gasteiger partial charge on any atom is 0.157 e. The first kappa shape index (κ1) is 21.1. The number of hydrogen-bond donors (Lipinski definition) is 2. The van der Waals surface area contributed by atoms with Crippen molar-refractivity contribution in [3.05, 3.63) is 65.6 Å². The molecule has 0 amide bonds. The fourth-order valence-corrected chi connectivity index (χ4v) is 3.46. The molecule has 0 aliphatic carbocycles. The summed E-state index contributed by atoms with van der Waals surface area (Å²) in [5.41, 5.74) is 1.41. The number of hydrogen-bond acceptors (Lipinski definition) is 7. The van der Waals surface area contributed by atoms with Gasteiger partial charge in [-0.2, -0.15) is 0 Å². The highest BCUT2D eigenvalue weighted by molar-refractivity contribution is 5.42. The monoisotopic (exact) mass is 422 g/mol. The molecule has 1 aliphatic rings. The molecule has 0 saturated carbocycles. The Bertz CT molecular complexity index is 1040. The SMILES string of the molecule is C[C@H](O)c1nccn1Cc1cc(C#Cc2ccc(OC3CN(CCCO)C3)cc2)no1. The Balaban J connectivity index is 1.30. The molecule has 2 N–H and O–H groups in total. The quantitative estimate of drug-likeness (QED) is 0.535. The molecule has 31 heavy (non-hydrogen) atoms. The van der Waals surface area contributed by atoms with Gasteiger partial charge >= 0.3 is 0 Å².